The summed E-state index contributed by atoms with van der Waals surface area (Å²) in [6.07, 6.45) is 4.85. The van der Waals surface area contributed by atoms with E-state index in [2.05, 4.69) is 25.3 Å². The van der Waals surface area contributed by atoms with Crippen LogP contribution in [0.25, 0.3) is 33.4 Å². The lowest BCUT2D eigenvalue weighted by molar-refractivity contribution is 0.0826. The Balaban J connectivity index is 1.47. The summed E-state index contributed by atoms with van der Waals surface area (Å²) in [5.74, 6) is -0.104. The molecule has 11 heteroatoms. The van der Waals surface area contributed by atoms with Crippen LogP contribution in [0.4, 0.5) is 5.82 Å². The Kier molecular flexibility index (Phi) is 6.08. The molecule has 1 saturated heterocycles. The van der Waals surface area contributed by atoms with Crippen LogP contribution in [-0.2, 0) is 4.74 Å². The molecule has 4 aromatic heterocycles. The molecule has 36 heavy (non-hydrogen) atoms. The number of fused-ring (bicyclic) bond motifs is 1. The molecule has 11 nitrogen and oxygen atoms in total. The second-order valence-corrected chi connectivity index (χ2v) is 8.87. The molecule has 0 saturated carbocycles. The summed E-state index contributed by atoms with van der Waals surface area (Å²) < 4.78 is 5.32. The third kappa shape index (κ3) is 4.37. The number of carbonyl (C=O) groups is 2. The maximum absolute atomic E-state index is 12.8. The molecule has 5 heterocycles. The lowest BCUT2D eigenvalue weighted by atomic mass is 10.0. The molecule has 2 amide bonds. The van der Waals surface area contributed by atoms with E-state index in [1.807, 2.05) is 12.1 Å². The van der Waals surface area contributed by atoms with E-state index in [1.54, 1.807) is 44.7 Å². The number of H-pyrrole nitrogens is 1. The first-order chi connectivity index (χ1) is 17.3. The number of pyridine rings is 3. The van der Waals surface area contributed by atoms with E-state index in [0.717, 1.165) is 16.5 Å². The topological polar surface area (TPSA) is 165 Å². The average molecular weight is 487 g/mol. The van der Waals surface area contributed by atoms with E-state index in [0.29, 0.717) is 47.2 Å². The lowest BCUT2D eigenvalue weighted by Crippen LogP contribution is -2.46. The lowest BCUT2D eigenvalue weighted by Gasteiger charge is -2.14. The monoisotopic (exact) mass is 486 g/mol. The van der Waals surface area contributed by atoms with Crippen molar-refractivity contribution in [3.63, 3.8) is 0 Å². The van der Waals surface area contributed by atoms with E-state index in [1.165, 1.54) is 11.1 Å². The smallest absolute Gasteiger partial charge is 0.268 e. The van der Waals surface area contributed by atoms with Crippen LogP contribution in [0.5, 0.6) is 0 Å². The number of anilines is 1. The third-order valence-electron chi connectivity index (χ3n) is 6.14. The van der Waals surface area contributed by atoms with Crippen LogP contribution >= 0.6 is 0 Å². The minimum atomic E-state index is -0.280. The number of amides is 2. The number of nitrogens with two attached hydrogens (primary N) is 2. The van der Waals surface area contributed by atoms with Crippen molar-refractivity contribution in [2.24, 2.45) is 5.73 Å². The fourth-order valence-electron chi connectivity index (χ4n) is 4.13. The van der Waals surface area contributed by atoms with Crippen molar-refractivity contribution in [2.75, 3.05) is 33.0 Å². The Hall–Kier alpha value is -4.35. The van der Waals surface area contributed by atoms with Crippen LogP contribution < -0.4 is 16.8 Å². The summed E-state index contributed by atoms with van der Waals surface area (Å²) in [6.45, 7) is 0.800. The number of hydrogen-bond donors (Lipinski definition) is 4. The van der Waals surface area contributed by atoms with Crippen LogP contribution in [0.15, 0.2) is 48.9 Å². The summed E-state index contributed by atoms with van der Waals surface area (Å²) in [4.78, 5) is 42.8. The first-order valence-electron chi connectivity index (χ1n) is 11.4. The van der Waals surface area contributed by atoms with Crippen molar-refractivity contribution in [1.29, 1.82) is 0 Å². The molecule has 0 unspecified atom stereocenters. The first kappa shape index (κ1) is 23.4. The molecule has 184 valence electrons. The molecular formula is C25H26N8O3. The van der Waals surface area contributed by atoms with Gasteiger partial charge in [-0.25, -0.2) is 9.97 Å². The maximum atomic E-state index is 12.8. The first-order valence-corrected chi connectivity index (χ1v) is 11.4. The normalized spacial score (nSPS) is 17.3. The van der Waals surface area contributed by atoms with Gasteiger partial charge in [-0.3, -0.25) is 14.6 Å². The van der Waals surface area contributed by atoms with Gasteiger partial charge in [-0.2, -0.15) is 0 Å². The summed E-state index contributed by atoms with van der Waals surface area (Å²) in [5.41, 5.74) is 16.4. The van der Waals surface area contributed by atoms with E-state index in [4.69, 9.17) is 16.2 Å². The van der Waals surface area contributed by atoms with Crippen LogP contribution in [0.1, 0.15) is 20.8 Å². The number of rotatable bonds is 5. The molecule has 2 atom stereocenters. The van der Waals surface area contributed by atoms with Crippen molar-refractivity contribution in [3.05, 3.63) is 60.2 Å². The fourth-order valence-corrected chi connectivity index (χ4v) is 4.13. The second-order valence-electron chi connectivity index (χ2n) is 8.87. The predicted octanol–water partition coefficient (Wildman–Crippen LogP) is 1.43. The number of nitrogens with one attached hydrogen (secondary N) is 2. The number of nitrogens with zero attached hydrogens (tertiary/aromatic N) is 4. The summed E-state index contributed by atoms with van der Waals surface area (Å²) in [6, 6.07) is 8.45. The van der Waals surface area contributed by atoms with Crippen molar-refractivity contribution in [3.8, 4) is 22.4 Å². The van der Waals surface area contributed by atoms with E-state index >= 15 is 0 Å². The van der Waals surface area contributed by atoms with Crippen LogP contribution in [-0.4, -0.2) is 76.0 Å². The molecule has 6 N–H and O–H groups in total. The van der Waals surface area contributed by atoms with E-state index in [9.17, 15) is 9.59 Å². The zero-order valence-corrected chi connectivity index (χ0v) is 19.9. The minimum Gasteiger partial charge on any atom is -0.383 e. The standard InChI is InChI=1S/C25H26N8O3/c1-33(2)25(35)13-3-4-19(29-9-13)17-7-14(10-30-22(17)27)15-5-6-28-23-16(15)8-20(31-23)24(34)32-21-12-36-11-18(21)26/h3-10,18,21H,11-12,26H2,1-2H3,(H2,27,30)(H,28,31)(H,32,34)/t18-,21+/m1/s1. The number of carbonyl (C=O) groups excluding carboxylic acids is 2. The van der Waals surface area contributed by atoms with Gasteiger partial charge >= 0.3 is 0 Å². The molecule has 0 radical (unpaired) electrons. The number of aromatic nitrogens is 4. The van der Waals surface area contributed by atoms with Gasteiger partial charge in [0.2, 0.25) is 0 Å². The summed E-state index contributed by atoms with van der Waals surface area (Å²) in [5, 5.41) is 3.67. The van der Waals surface area contributed by atoms with Crippen molar-refractivity contribution in [1.82, 2.24) is 30.2 Å². The quantitative estimate of drug-likeness (QED) is 0.329. The van der Waals surface area contributed by atoms with Gasteiger partial charge in [-0.15, -0.1) is 0 Å². The van der Waals surface area contributed by atoms with Gasteiger partial charge in [0.05, 0.1) is 36.6 Å². The van der Waals surface area contributed by atoms with Crippen LogP contribution in [0.3, 0.4) is 0 Å². The third-order valence-corrected chi connectivity index (χ3v) is 6.14. The maximum Gasteiger partial charge on any atom is 0.268 e. The molecule has 0 spiro atoms. The highest BCUT2D eigenvalue weighted by atomic mass is 16.5. The Labute approximate surface area is 206 Å². The summed E-state index contributed by atoms with van der Waals surface area (Å²) in [7, 11) is 3.37. The molecule has 1 aliphatic rings. The number of ether oxygens (including phenoxy) is 1. The van der Waals surface area contributed by atoms with Gasteiger partial charge in [0.15, 0.2) is 0 Å². The number of aromatic amines is 1. The number of hydrogen-bond acceptors (Lipinski definition) is 8. The van der Waals surface area contributed by atoms with E-state index < -0.39 is 0 Å². The van der Waals surface area contributed by atoms with Crippen molar-refractivity contribution < 1.29 is 14.3 Å². The molecule has 1 aliphatic heterocycles. The summed E-state index contributed by atoms with van der Waals surface area (Å²) >= 11 is 0. The zero-order valence-electron chi connectivity index (χ0n) is 19.9. The van der Waals surface area contributed by atoms with Gasteiger partial charge in [0.1, 0.15) is 17.2 Å². The highest BCUT2D eigenvalue weighted by molar-refractivity contribution is 6.02. The van der Waals surface area contributed by atoms with Gasteiger partial charge in [-0.05, 0) is 35.9 Å². The Morgan fingerprint density at radius 3 is 2.61 bits per heavy atom. The van der Waals surface area contributed by atoms with Gasteiger partial charge in [-0.1, -0.05) is 0 Å². The van der Waals surface area contributed by atoms with Gasteiger partial charge in [0.25, 0.3) is 11.8 Å². The molecular weight excluding hydrogens is 460 g/mol. The SMILES string of the molecule is CN(C)C(=O)c1ccc(-c2cc(-c3ccnc4[nH]c(C(=O)N[C@H]5COC[C@H]5N)cc34)cnc2N)nc1. The largest absolute Gasteiger partial charge is 0.383 e. The van der Waals surface area contributed by atoms with Crippen LogP contribution in [0.2, 0.25) is 0 Å². The molecule has 0 aliphatic carbocycles. The molecule has 4 aromatic rings. The zero-order chi connectivity index (χ0) is 25.4. The Morgan fingerprint density at radius 2 is 1.92 bits per heavy atom. The predicted molar refractivity (Wildman–Crippen MR) is 135 cm³/mol. The Morgan fingerprint density at radius 1 is 1.08 bits per heavy atom. The molecule has 0 aromatic carbocycles. The van der Waals surface area contributed by atoms with Gasteiger partial charge in [0, 0.05) is 49.2 Å². The van der Waals surface area contributed by atoms with E-state index in [-0.39, 0.29) is 23.9 Å². The van der Waals surface area contributed by atoms with Crippen molar-refractivity contribution in [2.45, 2.75) is 12.1 Å². The van der Waals surface area contributed by atoms with Crippen molar-refractivity contribution >= 4 is 28.7 Å². The fraction of sp³-hybridized carbons (Fsp3) is 0.240. The highest BCUT2D eigenvalue weighted by Crippen LogP contribution is 2.32. The molecule has 5 rings (SSSR count). The minimum absolute atomic E-state index is 0.136. The Bertz CT molecular complexity index is 1450. The number of nitrogen functional groups attached to an aromatic ring is 1. The average Bonchev–Trinajstić information content (AvgIpc) is 3.50. The molecule has 0 bridgehead atoms. The molecule has 1 fully saturated rings. The van der Waals surface area contributed by atoms with Crippen LogP contribution in [0, 0.1) is 0 Å². The highest BCUT2D eigenvalue weighted by Gasteiger charge is 2.27. The van der Waals surface area contributed by atoms with Gasteiger partial charge < -0.3 is 31.4 Å². The second kappa shape index (κ2) is 9.36.